The van der Waals surface area contributed by atoms with Crippen LogP contribution in [0, 0.1) is 0 Å². The zero-order chi connectivity index (χ0) is 98.5. The highest BCUT2D eigenvalue weighted by atomic mass is 32.1. The molecule has 1 heteroatoms. The number of rotatable bonds is 8. The summed E-state index contributed by atoms with van der Waals surface area (Å²) in [5, 5.41) is 33.8. The third-order valence-corrected chi connectivity index (χ3v) is 34.6. The minimum atomic E-state index is -0.115. The van der Waals surface area contributed by atoms with Crippen molar-refractivity contribution in [3.8, 4) is 122 Å². The molecule has 1 heterocycles. The summed E-state index contributed by atoms with van der Waals surface area (Å²) >= 11 is 1.90. The van der Waals surface area contributed by atoms with Crippen LogP contribution in [0.1, 0.15) is 74.9 Å². The Balaban J connectivity index is 0.000000106. The first-order valence-corrected chi connectivity index (χ1v) is 52.8. The Bertz CT molecular complexity index is 10500. The predicted molar refractivity (Wildman–Crippen MR) is 638 cm³/mol. The summed E-state index contributed by atoms with van der Waals surface area (Å²) < 4.78 is 2.70. The zero-order valence-corrected chi connectivity index (χ0v) is 84.1. The van der Waals surface area contributed by atoms with E-state index in [2.05, 4.69) is 539 Å². The molecule has 0 atom stereocenters. The first-order chi connectivity index (χ1) is 72.6. The smallest absolute Gasteiger partial charge is 0.0433 e. The molecule has 0 aliphatic heterocycles. The molecule has 0 radical (unpaired) electrons. The van der Waals surface area contributed by atoms with E-state index in [1.807, 2.05) is 11.3 Å². The lowest BCUT2D eigenvalue weighted by Gasteiger charge is -2.23. The van der Waals surface area contributed by atoms with Crippen molar-refractivity contribution in [3.63, 3.8) is 0 Å². The van der Waals surface area contributed by atoms with Crippen molar-refractivity contribution >= 4 is 161 Å². The molecule has 0 fully saturated rings. The van der Waals surface area contributed by atoms with Gasteiger partial charge < -0.3 is 0 Å². The van der Waals surface area contributed by atoms with E-state index in [0.29, 0.717) is 0 Å². The highest BCUT2D eigenvalue weighted by Crippen LogP contribution is 2.60. The van der Waals surface area contributed by atoms with E-state index in [9.17, 15) is 0 Å². The summed E-state index contributed by atoms with van der Waals surface area (Å²) in [6.45, 7) is 14.4. The maximum atomic E-state index is 2.49. The van der Waals surface area contributed by atoms with Crippen molar-refractivity contribution in [1.82, 2.24) is 0 Å². The Kier molecular flexibility index (Phi) is 19.8. The van der Waals surface area contributed by atoms with Gasteiger partial charge in [0.05, 0.1) is 0 Å². The van der Waals surface area contributed by atoms with Crippen molar-refractivity contribution in [2.45, 2.75) is 57.8 Å². The number of fused-ring (bicyclic) bond motifs is 31. The van der Waals surface area contributed by atoms with Gasteiger partial charge >= 0.3 is 0 Å². The van der Waals surface area contributed by atoms with Crippen LogP contribution in [0.4, 0.5) is 0 Å². The second kappa shape index (κ2) is 33.7. The molecule has 0 bridgehead atoms. The fraction of sp³-hybridized carbons (Fsp3) is 0.0612. The molecule has 0 saturated heterocycles. The van der Waals surface area contributed by atoms with Crippen molar-refractivity contribution in [3.05, 3.63) is 531 Å². The Morgan fingerprint density at radius 1 is 0.135 bits per heavy atom. The molecule has 3 aliphatic rings. The molecule has 0 amide bonds. The van der Waals surface area contributed by atoms with Gasteiger partial charge in [0.1, 0.15) is 0 Å². The first kappa shape index (κ1) is 86.9. The van der Waals surface area contributed by atoms with Crippen molar-refractivity contribution < 1.29 is 0 Å². The maximum Gasteiger partial charge on any atom is 0.0433 e. The van der Waals surface area contributed by atoms with Crippen LogP contribution in [0.25, 0.3) is 272 Å². The second-order valence-corrected chi connectivity index (χ2v) is 43.8. The third-order valence-electron chi connectivity index (χ3n) is 33.4. The monoisotopic (exact) mass is 1900 g/mol. The molecule has 28 aromatic rings. The summed E-state index contributed by atoms with van der Waals surface area (Å²) in [5.41, 5.74) is 36.7. The first-order valence-electron chi connectivity index (χ1n) is 52.0. The third kappa shape index (κ3) is 13.8. The lowest BCUT2D eigenvalue weighted by Crippen LogP contribution is -2.15. The van der Waals surface area contributed by atoms with Gasteiger partial charge in [-0.25, -0.2) is 0 Å². The maximum absolute atomic E-state index is 2.49. The van der Waals surface area contributed by atoms with E-state index in [1.54, 1.807) is 0 Å². The SMILES string of the molecule is CC1(C)c2cc3ccccc3cc2-c2c1cc(-c1cccc(-c3cccc4c3sc3ccccc34)c1)c1ccccc21.CC1(C)c2ccc3ccccc3c2-c2c1cc(-c1cccc(-c3ccc4cc(-c5cc6ccc7ccccc7c6c6ccccc56)ccc4c3)c1)c1ccccc21.CC1(C)c2ccc3ccccc3c2-c2c1cc(-c1cccc(-c3ccc4cc(-c5ccc6ccccc6c5)ccc4c3)c1)c1ccccc21. The molecule has 0 N–H and O–H groups in total. The Hall–Kier alpha value is -17.7. The highest BCUT2D eigenvalue weighted by Gasteiger charge is 2.42. The van der Waals surface area contributed by atoms with Gasteiger partial charge in [-0.1, -0.05) is 448 Å². The summed E-state index contributed by atoms with van der Waals surface area (Å²) in [5.74, 6) is 0. The van der Waals surface area contributed by atoms with Crippen molar-refractivity contribution in [2.75, 3.05) is 0 Å². The molecule has 0 nitrogen and oxygen atoms in total. The van der Waals surface area contributed by atoms with Crippen LogP contribution in [-0.2, 0) is 16.2 Å². The quantitative estimate of drug-likeness (QED) is 0.133. The van der Waals surface area contributed by atoms with Crippen LogP contribution >= 0.6 is 11.3 Å². The van der Waals surface area contributed by atoms with Crippen LogP contribution in [0.3, 0.4) is 0 Å². The Labute approximate surface area is 865 Å². The van der Waals surface area contributed by atoms with E-state index in [1.165, 1.54) is 305 Å². The normalized spacial score (nSPS) is 13.4. The highest BCUT2D eigenvalue weighted by molar-refractivity contribution is 7.26. The average Bonchev–Trinajstić information content (AvgIpc) is 1.55. The standard InChI is InChI=1S/C57H38.C49H34.C41H28S/c1-57(2)52-29-28-36-13-4-6-17-45(36)55(52)56-49-21-10-8-19-47(49)51(34-53(56)57)41-15-11-14-37(31-41)38-23-24-40-32-42(26-25-39(40)30-38)50-33-43-27-22-35-12-3-5-16-44(35)54(43)48-20-9-7-18-46(48)50;1-49(2)45-25-24-32-11-5-6-15-41(32)47(45)48-43-17-8-7-16-42(43)44(30-46(48)49)40-14-9-13-34(29-40)35-20-21-39-28-38(23-22-37(39)27-35)36-19-18-31-10-3-4-12-33(31)26-36;1-41(2)36-23-26-12-4-3-11-25(26)22-35(36)39-32-17-6-5-15-30(32)34(24-37(39)41)28-14-9-13-27(21-28)29-18-10-19-33-31-16-7-8-20-38(31)42-40(29)33/h3-34H,1-2H3;3-30H,1-2H3;3-24H,1-2H3. The predicted octanol–water partition coefficient (Wildman–Crippen LogP) is 41.5. The van der Waals surface area contributed by atoms with Gasteiger partial charge in [-0.3, -0.25) is 0 Å². The summed E-state index contributed by atoms with van der Waals surface area (Å²) in [6, 6.07) is 186. The summed E-state index contributed by atoms with van der Waals surface area (Å²) in [6.07, 6.45) is 0. The molecule has 31 rings (SSSR count). The van der Waals surface area contributed by atoms with Crippen molar-refractivity contribution in [2.24, 2.45) is 0 Å². The van der Waals surface area contributed by atoms with Gasteiger partial charge in [0.2, 0.25) is 0 Å². The molecule has 27 aromatic carbocycles. The molecule has 3 aliphatic carbocycles. The average molecular weight is 1900 g/mol. The Morgan fingerprint density at radius 3 is 0.912 bits per heavy atom. The van der Waals surface area contributed by atoms with Gasteiger partial charge in [-0.15, -0.1) is 11.3 Å². The van der Waals surface area contributed by atoms with Gasteiger partial charge in [0, 0.05) is 36.4 Å². The number of thiophene rings is 1. The van der Waals surface area contributed by atoms with Gasteiger partial charge in [0.15, 0.2) is 0 Å². The molecular weight excluding hydrogens is 1800 g/mol. The lowest BCUT2D eigenvalue weighted by atomic mass is 9.80. The van der Waals surface area contributed by atoms with Crippen LogP contribution in [0.5, 0.6) is 0 Å². The molecular formula is C147H100S. The van der Waals surface area contributed by atoms with Crippen LogP contribution in [0.2, 0.25) is 0 Å². The number of hydrogen-bond acceptors (Lipinski definition) is 1. The van der Waals surface area contributed by atoms with E-state index < -0.39 is 0 Å². The number of benzene rings is 27. The number of hydrogen-bond donors (Lipinski definition) is 0. The fourth-order valence-corrected chi connectivity index (χ4v) is 27.2. The van der Waals surface area contributed by atoms with Crippen LogP contribution < -0.4 is 0 Å². The fourth-order valence-electron chi connectivity index (χ4n) is 25.9. The minimum absolute atomic E-state index is 0.0895. The summed E-state index contributed by atoms with van der Waals surface area (Å²) in [4.78, 5) is 0. The van der Waals surface area contributed by atoms with E-state index >= 15 is 0 Å². The Morgan fingerprint density at radius 2 is 0.412 bits per heavy atom. The van der Waals surface area contributed by atoms with Crippen molar-refractivity contribution in [1.29, 1.82) is 0 Å². The molecule has 1 aromatic heterocycles. The minimum Gasteiger partial charge on any atom is -0.135 e. The van der Waals surface area contributed by atoms with Gasteiger partial charge in [-0.05, 0) is 376 Å². The van der Waals surface area contributed by atoms with Gasteiger partial charge in [-0.2, -0.15) is 0 Å². The van der Waals surface area contributed by atoms with Gasteiger partial charge in [0.25, 0.3) is 0 Å². The van der Waals surface area contributed by atoms with E-state index in [4.69, 9.17) is 0 Å². The van der Waals surface area contributed by atoms with Crippen LogP contribution in [0.15, 0.2) is 497 Å². The lowest BCUT2D eigenvalue weighted by molar-refractivity contribution is 0.661. The molecule has 694 valence electrons. The molecule has 0 unspecified atom stereocenters. The zero-order valence-electron chi connectivity index (χ0n) is 83.3. The molecule has 148 heavy (non-hydrogen) atoms. The molecule has 0 saturated carbocycles. The molecule has 0 spiro atoms. The largest absolute Gasteiger partial charge is 0.135 e. The van der Waals surface area contributed by atoms with Crippen LogP contribution in [-0.4, -0.2) is 0 Å². The van der Waals surface area contributed by atoms with E-state index in [0.717, 1.165) is 0 Å². The topological polar surface area (TPSA) is 0 Å². The van der Waals surface area contributed by atoms with E-state index in [-0.39, 0.29) is 16.2 Å². The summed E-state index contributed by atoms with van der Waals surface area (Å²) in [7, 11) is 0. The second-order valence-electron chi connectivity index (χ2n) is 42.7.